The fourth-order valence-electron chi connectivity index (χ4n) is 1.83. The second kappa shape index (κ2) is 8.25. The number of hydrogen-bond acceptors (Lipinski definition) is 3. The van der Waals surface area contributed by atoms with E-state index in [4.69, 9.17) is 15.4 Å². The van der Waals surface area contributed by atoms with Crippen molar-refractivity contribution in [2.75, 3.05) is 12.4 Å². The topological polar surface area (TPSA) is 43.4 Å². The summed E-state index contributed by atoms with van der Waals surface area (Å²) in [5.41, 5.74) is 1.06. The van der Waals surface area contributed by atoms with Gasteiger partial charge in [0.15, 0.2) is 0 Å². The molecule has 0 N–H and O–H groups in total. The van der Waals surface area contributed by atoms with Gasteiger partial charge in [-0.25, -0.2) is 8.42 Å². The van der Waals surface area contributed by atoms with Gasteiger partial charge >= 0.3 is 0 Å². The van der Waals surface area contributed by atoms with E-state index >= 15 is 0 Å². The third-order valence-electron chi connectivity index (χ3n) is 2.67. The molecule has 1 aromatic rings. The molecule has 0 aliphatic rings. The first kappa shape index (κ1) is 17.0. The zero-order valence-electron chi connectivity index (χ0n) is 10.8. The lowest BCUT2D eigenvalue weighted by Crippen LogP contribution is -2.18. The first-order valence-corrected chi connectivity index (χ1v) is 9.42. The van der Waals surface area contributed by atoms with Gasteiger partial charge in [0, 0.05) is 15.2 Å². The monoisotopic (exact) mass is 368 g/mol. The van der Waals surface area contributed by atoms with Crippen molar-refractivity contribution in [2.45, 2.75) is 26.4 Å². The van der Waals surface area contributed by atoms with E-state index in [1.165, 1.54) is 0 Å². The van der Waals surface area contributed by atoms with Crippen LogP contribution in [0.25, 0.3) is 0 Å². The molecular formula is C13H18BrClO3S. The smallest absolute Gasteiger partial charge is 0.232 e. The summed E-state index contributed by atoms with van der Waals surface area (Å²) in [5, 5.41) is 0. The highest BCUT2D eigenvalue weighted by Crippen LogP contribution is 2.15. The predicted molar refractivity (Wildman–Crippen MR) is 81.8 cm³/mol. The van der Waals surface area contributed by atoms with Crippen LogP contribution in [0.5, 0.6) is 0 Å². The fraction of sp³-hybridized carbons (Fsp3) is 0.538. The van der Waals surface area contributed by atoms with Crippen molar-refractivity contribution in [3.63, 3.8) is 0 Å². The zero-order chi connectivity index (χ0) is 14.3. The molecule has 0 spiro atoms. The van der Waals surface area contributed by atoms with E-state index in [0.717, 1.165) is 22.9 Å². The van der Waals surface area contributed by atoms with E-state index in [1.54, 1.807) is 0 Å². The van der Waals surface area contributed by atoms with Crippen LogP contribution in [-0.2, 0) is 20.4 Å². The van der Waals surface area contributed by atoms with Gasteiger partial charge < -0.3 is 4.74 Å². The van der Waals surface area contributed by atoms with Crippen LogP contribution in [0, 0.1) is 5.92 Å². The van der Waals surface area contributed by atoms with Gasteiger partial charge in [-0.05, 0) is 30.0 Å². The van der Waals surface area contributed by atoms with Crippen molar-refractivity contribution in [2.24, 2.45) is 5.92 Å². The second-order valence-electron chi connectivity index (χ2n) is 4.50. The van der Waals surface area contributed by atoms with E-state index in [0.29, 0.717) is 13.2 Å². The Morgan fingerprint density at radius 3 is 2.47 bits per heavy atom. The van der Waals surface area contributed by atoms with Crippen LogP contribution in [-0.4, -0.2) is 20.8 Å². The number of ether oxygens (including phenoxy) is 1. The maximum absolute atomic E-state index is 11.1. The standard InChI is InChI=1S/C13H18BrClO3S/c1-2-3-12(10-19(15,16)17)9-18-8-11-4-6-13(14)7-5-11/h4-7,12H,2-3,8-10H2,1H3. The van der Waals surface area contributed by atoms with Crippen LogP contribution < -0.4 is 0 Å². The van der Waals surface area contributed by atoms with Gasteiger partial charge in [-0.1, -0.05) is 41.4 Å². The van der Waals surface area contributed by atoms with Crippen molar-refractivity contribution in [3.05, 3.63) is 34.3 Å². The molecule has 108 valence electrons. The Kier molecular flexibility index (Phi) is 7.36. The highest BCUT2D eigenvalue weighted by atomic mass is 79.9. The number of benzene rings is 1. The molecule has 0 aliphatic heterocycles. The molecule has 0 aromatic heterocycles. The maximum atomic E-state index is 11.1. The average molecular weight is 370 g/mol. The summed E-state index contributed by atoms with van der Waals surface area (Å²) in [5.74, 6) is -0.0640. The first-order chi connectivity index (χ1) is 8.90. The largest absolute Gasteiger partial charge is 0.376 e. The van der Waals surface area contributed by atoms with Crippen LogP contribution in [0.15, 0.2) is 28.7 Å². The lowest BCUT2D eigenvalue weighted by atomic mass is 10.1. The first-order valence-electron chi connectivity index (χ1n) is 6.15. The van der Waals surface area contributed by atoms with Crippen molar-refractivity contribution < 1.29 is 13.2 Å². The van der Waals surface area contributed by atoms with Gasteiger partial charge in [0.2, 0.25) is 9.05 Å². The minimum Gasteiger partial charge on any atom is -0.376 e. The number of hydrogen-bond donors (Lipinski definition) is 0. The molecule has 0 saturated carbocycles. The molecule has 1 unspecified atom stereocenters. The number of rotatable bonds is 8. The summed E-state index contributed by atoms with van der Waals surface area (Å²) in [6.45, 7) is 2.91. The Hall–Kier alpha value is -0.100. The highest BCUT2D eigenvalue weighted by Gasteiger charge is 2.16. The Balaban J connectivity index is 2.41. The normalized spacial score (nSPS) is 13.4. The minimum atomic E-state index is -3.46. The summed E-state index contributed by atoms with van der Waals surface area (Å²) in [6, 6.07) is 7.84. The summed E-state index contributed by atoms with van der Waals surface area (Å²) in [6.07, 6.45) is 1.71. The Bertz CT molecular complexity index is 473. The Morgan fingerprint density at radius 1 is 1.32 bits per heavy atom. The Morgan fingerprint density at radius 2 is 1.95 bits per heavy atom. The molecule has 0 fully saturated rings. The molecule has 0 radical (unpaired) electrons. The molecule has 0 heterocycles. The summed E-state index contributed by atoms with van der Waals surface area (Å²) < 4.78 is 28.8. The van der Waals surface area contributed by atoms with E-state index in [9.17, 15) is 8.42 Å². The molecule has 6 heteroatoms. The second-order valence-corrected chi connectivity index (χ2v) is 8.24. The van der Waals surface area contributed by atoms with E-state index in [-0.39, 0.29) is 11.7 Å². The van der Waals surface area contributed by atoms with Gasteiger partial charge in [-0.15, -0.1) is 0 Å². The molecule has 0 saturated heterocycles. The van der Waals surface area contributed by atoms with Gasteiger partial charge in [0.1, 0.15) is 0 Å². The number of halogens is 2. The molecule has 0 aliphatic carbocycles. The van der Waals surface area contributed by atoms with Gasteiger partial charge in [-0.3, -0.25) is 0 Å². The van der Waals surface area contributed by atoms with Gasteiger partial charge in [-0.2, -0.15) is 0 Å². The third kappa shape index (κ3) is 7.92. The SMILES string of the molecule is CCCC(COCc1ccc(Br)cc1)CS(=O)(=O)Cl. The maximum Gasteiger partial charge on any atom is 0.232 e. The zero-order valence-corrected chi connectivity index (χ0v) is 14.0. The molecule has 1 atom stereocenters. The summed E-state index contributed by atoms with van der Waals surface area (Å²) in [7, 11) is 1.83. The van der Waals surface area contributed by atoms with Crippen LogP contribution in [0.3, 0.4) is 0 Å². The van der Waals surface area contributed by atoms with Gasteiger partial charge in [0.05, 0.1) is 19.0 Å². The van der Waals surface area contributed by atoms with Crippen molar-refractivity contribution >= 4 is 35.7 Å². The molecule has 19 heavy (non-hydrogen) atoms. The average Bonchev–Trinajstić information content (AvgIpc) is 2.30. The summed E-state index contributed by atoms with van der Waals surface area (Å²) in [4.78, 5) is 0. The lowest BCUT2D eigenvalue weighted by Gasteiger charge is -2.14. The van der Waals surface area contributed by atoms with Crippen LogP contribution in [0.2, 0.25) is 0 Å². The van der Waals surface area contributed by atoms with E-state index < -0.39 is 9.05 Å². The fourth-order valence-corrected chi connectivity index (χ4v) is 3.45. The summed E-state index contributed by atoms with van der Waals surface area (Å²) >= 11 is 3.37. The minimum absolute atomic E-state index is 0.0251. The lowest BCUT2D eigenvalue weighted by molar-refractivity contribution is 0.0902. The van der Waals surface area contributed by atoms with Gasteiger partial charge in [0.25, 0.3) is 0 Å². The molecule has 0 amide bonds. The quantitative estimate of drug-likeness (QED) is 0.652. The van der Waals surface area contributed by atoms with E-state index in [1.807, 2.05) is 31.2 Å². The molecular weight excluding hydrogens is 352 g/mol. The molecule has 1 rings (SSSR count). The van der Waals surface area contributed by atoms with Crippen molar-refractivity contribution in [3.8, 4) is 0 Å². The van der Waals surface area contributed by atoms with Crippen molar-refractivity contribution in [1.82, 2.24) is 0 Å². The van der Waals surface area contributed by atoms with Crippen LogP contribution >= 0.6 is 26.6 Å². The predicted octanol–water partition coefficient (Wildman–Crippen LogP) is 3.95. The van der Waals surface area contributed by atoms with E-state index in [2.05, 4.69) is 15.9 Å². The third-order valence-corrected chi connectivity index (χ3v) is 4.44. The van der Waals surface area contributed by atoms with Crippen molar-refractivity contribution in [1.29, 1.82) is 0 Å². The highest BCUT2D eigenvalue weighted by molar-refractivity contribution is 9.10. The van der Waals surface area contributed by atoms with Crippen LogP contribution in [0.1, 0.15) is 25.3 Å². The molecule has 1 aromatic carbocycles. The molecule has 3 nitrogen and oxygen atoms in total. The Labute approximate surface area is 127 Å². The van der Waals surface area contributed by atoms with Crippen LogP contribution in [0.4, 0.5) is 0 Å². The molecule has 0 bridgehead atoms.